The summed E-state index contributed by atoms with van der Waals surface area (Å²) in [7, 11) is 4.20. The second kappa shape index (κ2) is 7.63. The predicted octanol–water partition coefficient (Wildman–Crippen LogP) is 3.92. The van der Waals surface area contributed by atoms with E-state index in [2.05, 4.69) is 78.2 Å². The minimum atomic E-state index is 1.12. The van der Waals surface area contributed by atoms with E-state index in [4.69, 9.17) is 0 Å². The van der Waals surface area contributed by atoms with Gasteiger partial charge in [-0.15, -0.1) is 0 Å². The van der Waals surface area contributed by atoms with E-state index >= 15 is 0 Å². The summed E-state index contributed by atoms with van der Waals surface area (Å²) in [5, 5.41) is 0. The van der Waals surface area contributed by atoms with Crippen LogP contribution in [0, 0.1) is 0 Å². The van der Waals surface area contributed by atoms with Gasteiger partial charge in [0.2, 0.25) is 0 Å². The molecule has 0 radical (unpaired) electrons. The summed E-state index contributed by atoms with van der Waals surface area (Å²) in [5.74, 6) is 0. The summed E-state index contributed by atoms with van der Waals surface area (Å²) < 4.78 is 2.06. The van der Waals surface area contributed by atoms with Gasteiger partial charge in [0.15, 0.2) is 12.4 Å². The molecule has 0 saturated carbocycles. The zero-order chi connectivity index (χ0) is 15.1. The molecule has 0 atom stereocenters. The van der Waals surface area contributed by atoms with Gasteiger partial charge in [-0.05, 0) is 36.3 Å². The van der Waals surface area contributed by atoms with Gasteiger partial charge in [-0.2, -0.15) is 0 Å². The van der Waals surface area contributed by atoms with E-state index in [1.165, 1.54) is 29.7 Å². The summed E-state index contributed by atoms with van der Waals surface area (Å²) in [6.07, 6.45) is 10.9. The van der Waals surface area contributed by atoms with Crippen molar-refractivity contribution in [3.63, 3.8) is 0 Å². The number of unbranched alkanes of at least 4 members (excludes halogenated alkanes) is 1. The van der Waals surface area contributed by atoms with Crippen molar-refractivity contribution in [2.75, 3.05) is 18.5 Å². The molecular weight excluding hydrogens is 256 g/mol. The standard InChI is InChI=1S/C19H25N2/c1-4-5-15-21(3)19-12-10-17(11-13-19)8-9-18-7-6-14-20(2)16-18/h6-14,16H,4-5,15H2,1-3H3/q+1. The molecule has 0 fully saturated rings. The van der Waals surface area contributed by atoms with E-state index in [1.54, 1.807) is 0 Å². The number of hydrogen-bond acceptors (Lipinski definition) is 1. The maximum absolute atomic E-state index is 2.31. The molecule has 0 unspecified atom stereocenters. The highest BCUT2D eigenvalue weighted by atomic mass is 15.1. The third-order valence-corrected chi connectivity index (χ3v) is 3.61. The fourth-order valence-electron chi connectivity index (χ4n) is 2.27. The van der Waals surface area contributed by atoms with Crippen LogP contribution >= 0.6 is 0 Å². The second-order valence-electron chi connectivity index (χ2n) is 5.50. The van der Waals surface area contributed by atoms with E-state index in [0.29, 0.717) is 0 Å². The lowest BCUT2D eigenvalue weighted by molar-refractivity contribution is -0.671. The molecule has 2 rings (SSSR count). The molecule has 0 aliphatic carbocycles. The van der Waals surface area contributed by atoms with Crippen molar-refractivity contribution in [3.05, 3.63) is 59.9 Å². The van der Waals surface area contributed by atoms with Crippen LogP contribution in [0.15, 0.2) is 48.8 Å². The Kier molecular flexibility index (Phi) is 5.56. The topological polar surface area (TPSA) is 7.12 Å². The number of pyridine rings is 1. The Morgan fingerprint density at radius 2 is 1.76 bits per heavy atom. The molecule has 110 valence electrons. The van der Waals surface area contributed by atoms with E-state index in [-0.39, 0.29) is 0 Å². The first-order valence-electron chi connectivity index (χ1n) is 7.63. The number of rotatable bonds is 6. The summed E-state index contributed by atoms with van der Waals surface area (Å²) in [6, 6.07) is 12.9. The van der Waals surface area contributed by atoms with Crippen LogP contribution in [0.4, 0.5) is 5.69 Å². The average Bonchev–Trinajstić information content (AvgIpc) is 2.51. The molecule has 0 aliphatic heterocycles. The van der Waals surface area contributed by atoms with Crippen molar-refractivity contribution in [2.24, 2.45) is 7.05 Å². The van der Waals surface area contributed by atoms with Crippen molar-refractivity contribution in [1.29, 1.82) is 0 Å². The highest BCUT2D eigenvalue weighted by molar-refractivity contribution is 5.69. The minimum absolute atomic E-state index is 1.12. The Morgan fingerprint density at radius 3 is 2.43 bits per heavy atom. The second-order valence-corrected chi connectivity index (χ2v) is 5.50. The molecule has 0 spiro atoms. The Morgan fingerprint density at radius 1 is 1.05 bits per heavy atom. The van der Waals surface area contributed by atoms with Crippen LogP contribution in [0.25, 0.3) is 12.2 Å². The molecule has 2 aromatic rings. The van der Waals surface area contributed by atoms with Crippen molar-refractivity contribution in [3.8, 4) is 0 Å². The molecular formula is C19H25N2+. The zero-order valence-corrected chi connectivity index (χ0v) is 13.3. The van der Waals surface area contributed by atoms with Gasteiger partial charge in [0, 0.05) is 30.9 Å². The Hall–Kier alpha value is -2.09. The summed E-state index contributed by atoms with van der Waals surface area (Å²) in [4.78, 5) is 2.31. The molecule has 0 saturated heterocycles. The fraction of sp³-hybridized carbons (Fsp3) is 0.316. The monoisotopic (exact) mass is 281 g/mol. The summed E-state index contributed by atoms with van der Waals surface area (Å²) in [6.45, 7) is 3.34. The number of hydrogen-bond donors (Lipinski definition) is 0. The van der Waals surface area contributed by atoms with E-state index in [1.807, 2.05) is 13.2 Å². The molecule has 1 aromatic carbocycles. The van der Waals surface area contributed by atoms with Crippen LogP contribution in [0.2, 0.25) is 0 Å². The first-order chi connectivity index (χ1) is 10.2. The van der Waals surface area contributed by atoms with Gasteiger partial charge in [-0.1, -0.05) is 31.6 Å². The Balaban J connectivity index is 2.02. The molecule has 0 N–H and O–H groups in total. The fourth-order valence-corrected chi connectivity index (χ4v) is 2.27. The lowest BCUT2D eigenvalue weighted by Gasteiger charge is -2.18. The predicted molar refractivity (Wildman–Crippen MR) is 91.2 cm³/mol. The van der Waals surface area contributed by atoms with Gasteiger partial charge in [0.05, 0.1) is 0 Å². The quantitative estimate of drug-likeness (QED) is 0.728. The van der Waals surface area contributed by atoms with Gasteiger partial charge < -0.3 is 4.90 Å². The molecule has 0 bridgehead atoms. The van der Waals surface area contributed by atoms with Crippen LogP contribution in [-0.2, 0) is 7.05 Å². The number of nitrogens with zero attached hydrogens (tertiary/aromatic N) is 2. The molecule has 0 aliphatic rings. The zero-order valence-electron chi connectivity index (χ0n) is 13.3. The van der Waals surface area contributed by atoms with Gasteiger partial charge in [-0.25, -0.2) is 4.57 Å². The van der Waals surface area contributed by atoms with Gasteiger partial charge in [0.1, 0.15) is 7.05 Å². The maximum Gasteiger partial charge on any atom is 0.175 e. The first-order valence-corrected chi connectivity index (χ1v) is 7.63. The van der Waals surface area contributed by atoms with Crippen molar-refractivity contribution >= 4 is 17.8 Å². The number of benzene rings is 1. The van der Waals surface area contributed by atoms with Crippen LogP contribution < -0.4 is 9.47 Å². The molecule has 0 amide bonds. The van der Waals surface area contributed by atoms with E-state index in [9.17, 15) is 0 Å². The van der Waals surface area contributed by atoms with Gasteiger partial charge in [0.25, 0.3) is 0 Å². The highest BCUT2D eigenvalue weighted by Gasteiger charge is 1.99. The average molecular weight is 281 g/mol. The van der Waals surface area contributed by atoms with Crippen molar-refractivity contribution < 1.29 is 4.57 Å². The molecule has 21 heavy (non-hydrogen) atoms. The van der Waals surface area contributed by atoms with Crippen molar-refractivity contribution in [1.82, 2.24) is 0 Å². The molecule has 2 heteroatoms. The van der Waals surface area contributed by atoms with Crippen LogP contribution in [-0.4, -0.2) is 13.6 Å². The molecule has 2 nitrogen and oxygen atoms in total. The number of anilines is 1. The lowest BCUT2D eigenvalue weighted by Crippen LogP contribution is -2.26. The smallest absolute Gasteiger partial charge is 0.175 e. The lowest BCUT2D eigenvalue weighted by atomic mass is 10.1. The van der Waals surface area contributed by atoms with Crippen molar-refractivity contribution in [2.45, 2.75) is 19.8 Å². The third-order valence-electron chi connectivity index (χ3n) is 3.61. The third kappa shape index (κ3) is 4.75. The Bertz CT molecular complexity index is 585. The van der Waals surface area contributed by atoms with Crippen LogP contribution in [0.1, 0.15) is 30.9 Å². The van der Waals surface area contributed by atoms with Gasteiger partial charge in [-0.3, -0.25) is 0 Å². The number of aryl methyl sites for hydroxylation is 1. The first kappa shape index (κ1) is 15.3. The summed E-state index contributed by atoms with van der Waals surface area (Å²) >= 11 is 0. The minimum Gasteiger partial charge on any atom is -0.375 e. The Labute approximate surface area is 128 Å². The summed E-state index contributed by atoms with van der Waals surface area (Å²) in [5.41, 5.74) is 3.73. The number of aromatic nitrogens is 1. The van der Waals surface area contributed by atoms with Crippen LogP contribution in [0.3, 0.4) is 0 Å². The maximum atomic E-state index is 2.31. The largest absolute Gasteiger partial charge is 0.375 e. The molecule has 1 heterocycles. The van der Waals surface area contributed by atoms with E-state index < -0.39 is 0 Å². The van der Waals surface area contributed by atoms with Gasteiger partial charge >= 0.3 is 0 Å². The van der Waals surface area contributed by atoms with E-state index in [0.717, 1.165) is 6.54 Å². The highest BCUT2D eigenvalue weighted by Crippen LogP contribution is 2.16. The molecule has 1 aromatic heterocycles. The van der Waals surface area contributed by atoms with Crippen LogP contribution in [0.5, 0.6) is 0 Å². The normalized spacial score (nSPS) is 11.0. The SMILES string of the molecule is CCCCN(C)c1ccc(C=Cc2ccc[n+](C)c2)cc1.